The first kappa shape index (κ1) is 45.2. The average Bonchev–Trinajstić information content (AvgIpc) is 3.15. The second kappa shape index (κ2) is 25.9. The van der Waals surface area contributed by atoms with Gasteiger partial charge in [-0.1, -0.05) is 118 Å². The molecule has 11 nitrogen and oxygen atoms in total. The summed E-state index contributed by atoms with van der Waals surface area (Å²) in [4.78, 5) is 63.1. The van der Waals surface area contributed by atoms with Gasteiger partial charge in [0, 0.05) is 12.0 Å². The molecule has 0 aliphatic heterocycles. The predicted molar refractivity (Wildman–Crippen MR) is 212 cm³/mol. The minimum absolute atomic E-state index is 0.0221. The Labute approximate surface area is 323 Å². The Morgan fingerprint density at radius 2 is 1.22 bits per heavy atom. The van der Waals surface area contributed by atoms with Gasteiger partial charge in [-0.2, -0.15) is 0 Å². The van der Waals surface area contributed by atoms with Crippen LogP contribution in [0, 0.1) is 5.41 Å². The molecule has 0 aliphatic carbocycles. The maximum Gasteiger partial charge on any atom is 0.347 e. The van der Waals surface area contributed by atoms with Gasteiger partial charge in [-0.25, -0.2) is 9.59 Å². The molecule has 0 saturated carbocycles. The number of nitrogens with one attached hydrogen (secondary N) is 1. The zero-order valence-corrected chi connectivity index (χ0v) is 31.9. The van der Waals surface area contributed by atoms with Gasteiger partial charge in [0.1, 0.15) is 29.2 Å². The number of hydrogen-bond donors (Lipinski definition) is 3. The fourth-order valence-electron chi connectivity index (χ4n) is 4.75. The summed E-state index contributed by atoms with van der Waals surface area (Å²) in [5.74, 6) is -4.98. The standard InChI is InChI=1S/C44H53NO10/c1-4-5-6-7-8-9-10-11-12-13-14-15-16-17-18-19-20-21-30-39(49)53-33-44(2,3)40(41(50)45-32-31-38(47)48)55-43(52)35-27-23-25-29-37(35)54-42(51)34-26-22-24-28-36(34)46/h5-6,8-9,11-12,14-15,17-18,20-29,40,46H,4,7,10,13,16,19,30-33H2,1-3H3,(H,45,50)(H,47,48). The van der Waals surface area contributed by atoms with E-state index in [2.05, 4.69) is 60.8 Å². The molecule has 0 radical (unpaired) electrons. The fourth-order valence-corrected chi connectivity index (χ4v) is 4.75. The summed E-state index contributed by atoms with van der Waals surface area (Å²) in [6.07, 6.45) is 28.0. The minimum Gasteiger partial charge on any atom is -0.507 e. The SMILES string of the molecule is CCC=CCC=CCC=CCC=CCC=CCC=CCC(=O)OCC(C)(C)C(OC(=O)c1ccccc1OC(=O)c1ccccc1O)C(=O)NCCC(=O)O. The second-order valence-corrected chi connectivity index (χ2v) is 12.9. The van der Waals surface area contributed by atoms with Crippen LogP contribution in [0.5, 0.6) is 11.5 Å². The van der Waals surface area contributed by atoms with Gasteiger partial charge in [-0.05, 0) is 62.8 Å². The Hall–Kier alpha value is -5.97. The quantitative estimate of drug-likeness (QED) is 0.0538. The van der Waals surface area contributed by atoms with Gasteiger partial charge in [-0.3, -0.25) is 14.4 Å². The third kappa shape index (κ3) is 18.6. The first-order valence-electron chi connectivity index (χ1n) is 18.3. The van der Waals surface area contributed by atoms with Crippen LogP contribution in [0.3, 0.4) is 0 Å². The van der Waals surface area contributed by atoms with Crippen LogP contribution in [0.4, 0.5) is 0 Å². The van der Waals surface area contributed by atoms with Crippen molar-refractivity contribution in [3.63, 3.8) is 0 Å². The van der Waals surface area contributed by atoms with Crippen LogP contribution >= 0.6 is 0 Å². The molecule has 0 heterocycles. The van der Waals surface area contributed by atoms with E-state index in [9.17, 15) is 29.1 Å². The van der Waals surface area contributed by atoms with Gasteiger partial charge in [0.15, 0.2) is 6.10 Å². The summed E-state index contributed by atoms with van der Waals surface area (Å²) < 4.78 is 16.5. The number of allylic oxidation sites excluding steroid dienone is 11. The van der Waals surface area contributed by atoms with E-state index in [0.29, 0.717) is 6.42 Å². The zero-order chi connectivity index (χ0) is 40.3. The lowest BCUT2D eigenvalue weighted by Gasteiger charge is -2.32. The molecule has 294 valence electrons. The van der Waals surface area contributed by atoms with Crippen molar-refractivity contribution in [1.82, 2.24) is 5.32 Å². The molecule has 0 saturated heterocycles. The third-order valence-electron chi connectivity index (χ3n) is 7.73. The van der Waals surface area contributed by atoms with Gasteiger partial charge in [-0.15, -0.1) is 0 Å². The number of amides is 1. The third-order valence-corrected chi connectivity index (χ3v) is 7.73. The molecule has 0 aromatic heterocycles. The molecule has 0 fully saturated rings. The molecule has 55 heavy (non-hydrogen) atoms. The van der Waals surface area contributed by atoms with Crippen LogP contribution in [0.2, 0.25) is 0 Å². The molecule has 11 heteroatoms. The smallest absolute Gasteiger partial charge is 0.347 e. The topological polar surface area (TPSA) is 166 Å². The number of carboxylic acids is 1. The van der Waals surface area contributed by atoms with Gasteiger partial charge >= 0.3 is 23.9 Å². The number of phenols is 1. The number of hydrogen-bond acceptors (Lipinski definition) is 9. The van der Waals surface area contributed by atoms with E-state index in [0.717, 1.165) is 32.1 Å². The van der Waals surface area contributed by atoms with E-state index >= 15 is 0 Å². The molecule has 2 rings (SSSR count). The Morgan fingerprint density at radius 3 is 1.76 bits per heavy atom. The van der Waals surface area contributed by atoms with Crippen LogP contribution in [0.1, 0.15) is 92.9 Å². The Balaban J connectivity index is 1.92. The molecule has 1 atom stereocenters. The number of para-hydroxylation sites is 2. The summed E-state index contributed by atoms with van der Waals surface area (Å²) in [6.45, 7) is 4.67. The zero-order valence-electron chi connectivity index (χ0n) is 31.9. The molecule has 0 spiro atoms. The van der Waals surface area contributed by atoms with Gasteiger partial charge in [0.25, 0.3) is 5.91 Å². The number of phenolic OH excluding ortho intramolecular Hbond substituents is 1. The number of ether oxygens (including phenoxy) is 3. The molecule has 0 aliphatic rings. The van der Waals surface area contributed by atoms with Crippen molar-refractivity contribution in [1.29, 1.82) is 0 Å². The number of aromatic hydroxyl groups is 1. The van der Waals surface area contributed by atoms with E-state index in [-0.39, 0.29) is 48.6 Å². The molecule has 2 aromatic rings. The normalized spacial score (nSPS) is 12.6. The van der Waals surface area contributed by atoms with Gasteiger partial charge in [0.2, 0.25) is 0 Å². The summed E-state index contributed by atoms with van der Waals surface area (Å²) in [7, 11) is 0. The lowest BCUT2D eigenvalue weighted by atomic mass is 9.86. The first-order chi connectivity index (χ1) is 26.5. The first-order valence-corrected chi connectivity index (χ1v) is 18.3. The van der Waals surface area contributed by atoms with Crippen molar-refractivity contribution < 1.29 is 48.4 Å². The van der Waals surface area contributed by atoms with Crippen molar-refractivity contribution >= 4 is 29.8 Å². The van der Waals surface area contributed by atoms with Crippen LogP contribution in [0.15, 0.2) is 121 Å². The van der Waals surface area contributed by atoms with Crippen molar-refractivity contribution in [3.05, 3.63) is 133 Å². The van der Waals surface area contributed by atoms with E-state index < -0.39 is 41.3 Å². The molecular weight excluding hydrogens is 702 g/mol. The molecule has 2 aromatic carbocycles. The lowest BCUT2D eigenvalue weighted by molar-refractivity contribution is -0.153. The van der Waals surface area contributed by atoms with Crippen LogP contribution in [0.25, 0.3) is 0 Å². The number of carbonyl (C=O) groups is 5. The van der Waals surface area contributed by atoms with E-state index in [1.54, 1.807) is 19.9 Å². The monoisotopic (exact) mass is 755 g/mol. The fraction of sp³-hybridized carbons (Fsp3) is 0.341. The molecule has 1 unspecified atom stereocenters. The van der Waals surface area contributed by atoms with Crippen molar-refractivity contribution in [3.8, 4) is 11.5 Å². The van der Waals surface area contributed by atoms with Crippen LogP contribution in [-0.4, -0.2) is 59.3 Å². The number of benzene rings is 2. The second-order valence-electron chi connectivity index (χ2n) is 12.9. The summed E-state index contributed by atoms with van der Waals surface area (Å²) in [5.41, 5.74) is -1.60. The number of esters is 3. The molecular formula is C44H53NO10. The Morgan fingerprint density at radius 1 is 0.709 bits per heavy atom. The maximum absolute atomic E-state index is 13.5. The maximum atomic E-state index is 13.5. The molecule has 0 bridgehead atoms. The van der Waals surface area contributed by atoms with E-state index in [1.165, 1.54) is 48.5 Å². The largest absolute Gasteiger partial charge is 0.507 e. The van der Waals surface area contributed by atoms with Crippen molar-refractivity contribution in [2.24, 2.45) is 5.41 Å². The highest BCUT2D eigenvalue weighted by molar-refractivity contribution is 5.98. The predicted octanol–water partition coefficient (Wildman–Crippen LogP) is 8.38. The highest BCUT2D eigenvalue weighted by atomic mass is 16.6. The van der Waals surface area contributed by atoms with Crippen LogP contribution in [-0.2, 0) is 23.9 Å². The summed E-state index contributed by atoms with van der Waals surface area (Å²) >= 11 is 0. The molecule has 1 amide bonds. The highest BCUT2D eigenvalue weighted by Crippen LogP contribution is 2.28. The number of carboxylic acid groups (broad SMARTS) is 1. The van der Waals surface area contributed by atoms with Crippen LogP contribution < -0.4 is 10.1 Å². The van der Waals surface area contributed by atoms with Gasteiger partial charge in [0.05, 0.1) is 12.8 Å². The van der Waals surface area contributed by atoms with Gasteiger partial charge < -0.3 is 29.7 Å². The highest BCUT2D eigenvalue weighted by Gasteiger charge is 2.40. The average molecular weight is 756 g/mol. The molecule has 3 N–H and O–H groups in total. The minimum atomic E-state index is -1.55. The number of aliphatic carboxylic acids is 1. The van der Waals surface area contributed by atoms with E-state index in [4.69, 9.17) is 19.3 Å². The summed E-state index contributed by atoms with van der Waals surface area (Å²) in [6, 6.07) is 11.4. The van der Waals surface area contributed by atoms with Crippen molar-refractivity contribution in [2.45, 2.75) is 78.2 Å². The number of rotatable bonds is 24. The lowest BCUT2D eigenvalue weighted by Crippen LogP contribution is -2.49. The number of carbonyl (C=O) groups excluding carboxylic acids is 4. The van der Waals surface area contributed by atoms with E-state index in [1.807, 2.05) is 18.2 Å². The summed E-state index contributed by atoms with van der Waals surface area (Å²) in [5, 5.41) is 21.5. The Kier molecular flexibility index (Phi) is 21.3. The Bertz CT molecular complexity index is 1730. The van der Waals surface area contributed by atoms with Crippen molar-refractivity contribution in [2.75, 3.05) is 13.2 Å².